The van der Waals surface area contributed by atoms with Gasteiger partial charge in [0.15, 0.2) is 0 Å². The molecule has 1 heterocycles. The molecule has 0 unspecified atom stereocenters. The van der Waals surface area contributed by atoms with Gasteiger partial charge in [-0.25, -0.2) is 4.79 Å². The lowest BCUT2D eigenvalue weighted by Crippen LogP contribution is -2.16. The SMILES string of the molecule is CCOC(=O)c1c(NC(=O)/C(C#N)=C/c2cc(OC)ccc2OC)sc2c1CCCC2. The zero-order valence-electron chi connectivity index (χ0n) is 17.7. The summed E-state index contributed by atoms with van der Waals surface area (Å²) in [7, 11) is 3.04. The quantitative estimate of drug-likeness (QED) is 0.390. The van der Waals surface area contributed by atoms with Crippen molar-refractivity contribution in [1.82, 2.24) is 0 Å². The first-order valence-electron chi connectivity index (χ1n) is 9.99. The molecule has 1 N–H and O–H groups in total. The summed E-state index contributed by atoms with van der Waals surface area (Å²) in [5, 5.41) is 12.8. The lowest BCUT2D eigenvalue weighted by molar-refractivity contribution is -0.112. The first-order valence-corrected chi connectivity index (χ1v) is 10.8. The van der Waals surface area contributed by atoms with Gasteiger partial charge in [0.05, 0.1) is 26.4 Å². The van der Waals surface area contributed by atoms with Crippen LogP contribution in [0.2, 0.25) is 0 Å². The van der Waals surface area contributed by atoms with Crippen LogP contribution in [0.5, 0.6) is 11.5 Å². The Morgan fingerprint density at radius 1 is 1.23 bits per heavy atom. The maximum atomic E-state index is 12.9. The molecule has 162 valence electrons. The molecule has 3 rings (SSSR count). The van der Waals surface area contributed by atoms with Crippen LogP contribution in [0.4, 0.5) is 5.00 Å². The van der Waals surface area contributed by atoms with E-state index in [1.165, 1.54) is 31.6 Å². The van der Waals surface area contributed by atoms with Crippen LogP contribution in [0.25, 0.3) is 6.08 Å². The molecule has 1 aromatic carbocycles. The van der Waals surface area contributed by atoms with Crippen LogP contribution in [-0.2, 0) is 22.4 Å². The van der Waals surface area contributed by atoms with Crippen LogP contribution in [0, 0.1) is 11.3 Å². The Morgan fingerprint density at radius 2 is 2.00 bits per heavy atom. The highest BCUT2D eigenvalue weighted by molar-refractivity contribution is 7.17. The fraction of sp³-hybridized carbons (Fsp3) is 0.348. The van der Waals surface area contributed by atoms with E-state index in [1.54, 1.807) is 25.1 Å². The third-order valence-corrected chi connectivity index (χ3v) is 6.19. The van der Waals surface area contributed by atoms with E-state index in [0.717, 1.165) is 36.1 Å². The number of aryl methyl sites for hydroxylation is 1. The predicted octanol–water partition coefficient (Wildman–Crippen LogP) is 4.37. The van der Waals surface area contributed by atoms with Crippen molar-refractivity contribution in [2.24, 2.45) is 0 Å². The summed E-state index contributed by atoms with van der Waals surface area (Å²) in [5.74, 6) is 0.0195. The third-order valence-electron chi connectivity index (χ3n) is 4.98. The van der Waals surface area contributed by atoms with E-state index in [4.69, 9.17) is 14.2 Å². The zero-order valence-corrected chi connectivity index (χ0v) is 18.6. The molecule has 1 aliphatic carbocycles. The van der Waals surface area contributed by atoms with Crippen molar-refractivity contribution >= 4 is 34.3 Å². The molecule has 0 fully saturated rings. The number of rotatable bonds is 7. The van der Waals surface area contributed by atoms with Crippen LogP contribution >= 0.6 is 11.3 Å². The molecular formula is C23H24N2O5S. The van der Waals surface area contributed by atoms with Crippen molar-refractivity contribution in [3.05, 3.63) is 45.3 Å². The molecule has 1 amide bonds. The van der Waals surface area contributed by atoms with E-state index in [-0.39, 0.29) is 12.2 Å². The summed E-state index contributed by atoms with van der Waals surface area (Å²) < 4.78 is 15.8. The highest BCUT2D eigenvalue weighted by atomic mass is 32.1. The van der Waals surface area contributed by atoms with E-state index in [1.807, 2.05) is 6.07 Å². The van der Waals surface area contributed by atoms with Gasteiger partial charge < -0.3 is 19.5 Å². The summed E-state index contributed by atoms with van der Waals surface area (Å²) >= 11 is 1.38. The highest BCUT2D eigenvalue weighted by Gasteiger charge is 2.27. The first-order chi connectivity index (χ1) is 15.0. The van der Waals surface area contributed by atoms with Gasteiger partial charge in [-0.15, -0.1) is 11.3 Å². The van der Waals surface area contributed by atoms with Crippen LogP contribution in [0.3, 0.4) is 0 Å². The van der Waals surface area contributed by atoms with Crippen LogP contribution in [0.15, 0.2) is 23.8 Å². The lowest BCUT2D eigenvalue weighted by Gasteiger charge is -2.12. The lowest BCUT2D eigenvalue weighted by atomic mass is 9.95. The number of methoxy groups -OCH3 is 2. The molecule has 1 aromatic heterocycles. The van der Waals surface area contributed by atoms with Crippen LogP contribution in [-0.4, -0.2) is 32.7 Å². The van der Waals surface area contributed by atoms with Gasteiger partial charge in [0, 0.05) is 10.4 Å². The highest BCUT2D eigenvalue weighted by Crippen LogP contribution is 2.39. The minimum Gasteiger partial charge on any atom is -0.497 e. The number of nitrogens with zero attached hydrogens (tertiary/aromatic N) is 1. The predicted molar refractivity (Wildman–Crippen MR) is 119 cm³/mol. The Hall–Kier alpha value is -3.31. The van der Waals surface area contributed by atoms with Gasteiger partial charge in [-0.1, -0.05) is 0 Å². The Morgan fingerprint density at radius 3 is 2.68 bits per heavy atom. The van der Waals surface area contributed by atoms with Crippen molar-refractivity contribution in [2.75, 3.05) is 26.1 Å². The number of esters is 1. The average molecular weight is 441 g/mol. The van der Waals surface area contributed by atoms with Gasteiger partial charge in [-0.2, -0.15) is 5.26 Å². The molecule has 2 aromatic rings. The minimum atomic E-state index is -0.600. The number of nitriles is 1. The Bertz CT molecular complexity index is 1060. The van der Waals surface area contributed by atoms with Crippen molar-refractivity contribution in [3.63, 3.8) is 0 Å². The maximum absolute atomic E-state index is 12.9. The molecule has 7 nitrogen and oxygen atoms in total. The van der Waals surface area contributed by atoms with Gasteiger partial charge >= 0.3 is 5.97 Å². The first kappa shape index (κ1) is 22.4. The average Bonchev–Trinajstić information content (AvgIpc) is 3.15. The summed E-state index contributed by atoms with van der Waals surface area (Å²) in [4.78, 5) is 26.6. The number of carbonyl (C=O) groups excluding carboxylic acids is 2. The molecule has 0 aliphatic heterocycles. The topological polar surface area (TPSA) is 97.7 Å². The second kappa shape index (κ2) is 10.1. The summed E-state index contributed by atoms with van der Waals surface area (Å²) in [6, 6.07) is 7.04. The zero-order chi connectivity index (χ0) is 22.4. The molecule has 0 spiro atoms. The van der Waals surface area contributed by atoms with E-state index in [0.29, 0.717) is 27.6 Å². The number of carbonyl (C=O) groups is 2. The fourth-order valence-electron chi connectivity index (χ4n) is 3.50. The largest absolute Gasteiger partial charge is 0.497 e. The van der Waals surface area contributed by atoms with Crippen molar-refractivity contribution in [3.8, 4) is 17.6 Å². The maximum Gasteiger partial charge on any atom is 0.341 e. The number of amides is 1. The molecular weight excluding hydrogens is 416 g/mol. The summed E-state index contributed by atoms with van der Waals surface area (Å²) in [6.45, 7) is 1.99. The summed E-state index contributed by atoms with van der Waals surface area (Å²) in [5.41, 5.74) is 1.77. The van der Waals surface area contributed by atoms with Crippen molar-refractivity contribution < 1.29 is 23.8 Å². The molecule has 31 heavy (non-hydrogen) atoms. The van der Waals surface area contributed by atoms with E-state index in [9.17, 15) is 14.9 Å². The van der Waals surface area contributed by atoms with Gasteiger partial charge in [0.1, 0.15) is 28.1 Å². The molecule has 0 atom stereocenters. The van der Waals surface area contributed by atoms with Crippen molar-refractivity contribution in [1.29, 1.82) is 5.26 Å². The molecule has 0 bridgehead atoms. The Kier molecular flexibility index (Phi) is 7.32. The van der Waals surface area contributed by atoms with Crippen LogP contribution in [0.1, 0.15) is 46.1 Å². The number of hydrogen-bond acceptors (Lipinski definition) is 7. The normalized spacial score (nSPS) is 13.0. The van der Waals surface area contributed by atoms with E-state index < -0.39 is 11.9 Å². The van der Waals surface area contributed by atoms with Crippen molar-refractivity contribution in [2.45, 2.75) is 32.6 Å². The third kappa shape index (κ3) is 4.89. The number of ether oxygens (including phenoxy) is 3. The Balaban J connectivity index is 1.95. The number of hydrogen-bond donors (Lipinski definition) is 1. The smallest absolute Gasteiger partial charge is 0.341 e. The second-order valence-corrected chi connectivity index (χ2v) is 7.97. The number of benzene rings is 1. The van der Waals surface area contributed by atoms with E-state index in [2.05, 4.69) is 5.32 Å². The molecule has 0 saturated carbocycles. The number of fused-ring (bicyclic) bond motifs is 1. The minimum absolute atomic E-state index is 0.118. The van der Waals surface area contributed by atoms with Gasteiger partial charge in [-0.05, 0) is 62.4 Å². The number of anilines is 1. The monoisotopic (exact) mass is 440 g/mol. The van der Waals surface area contributed by atoms with Gasteiger partial charge in [-0.3, -0.25) is 4.79 Å². The van der Waals surface area contributed by atoms with Gasteiger partial charge in [0.2, 0.25) is 0 Å². The number of thiophene rings is 1. The van der Waals surface area contributed by atoms with E-state index >= 15 is 0 Å². The molecule has 0 radical (unpaired) electrons. The van der Waals surface area contributed by atoms with Gasteiger partial charge in [0.25, 0.3) is 5.91 Å². The summed E-state index contributed by atoms with van der Waals surface area (Å²) in [6.07, 6.45) is 5.11. The fourth-order valence-corrected chi connectivity index (χ4v) is 4.77. The molecule has 8 heteroatoms. The standard InChI is InChI=1S/C23H24N2O5S/c1-4-30-23(27)20-17-7-5-6-8-19(17)31-22(20)25-21(26)15(13-24)11-14-12-16(28-2)9-10-18(14)29-3/h9-12H,4-8H2,1-3H3,(H,25,26)/b15-11+. The second-order valence-electron chi connectivity index (χ2n) is 6.87. The number of nitrogens with one attached hydrogen (secondary N) is 1. The van der Waals surface area contributed by atoms with Crippen LogP contribution < -0.4 is 14.8 Å². The Labute approximate surface area is 185 Å². The molecule has 1 aliphatic rings. The molecule has 0 saturated heterocycles.